The first-order valence-corrected chi connectivity index (χ1v) is 27.0. The van der Waals surface area contributed by atoms with Crippen LogP contribution in [0.2, 0.25) is 0 Å². The molecule has 6 heteroatoms. The quantitative estimate of drug-likeness (QED) is 0.0199. The van der Waals surface area contributed by atoms with E-state index in [2.05, 4.69) is 39.0 Å². The van der Waals surface area contributed by atoms with Crippen molar-refractivity contribution in [1.29, 1.82) is 0 Å². The molecule has 6 nitrogen and oxygen atoms in total. The van der Waals surface area contributed by atoms with Crippen LogP contribution in [0.15, 0.2) is 72.9 Å². The molecule has 0 bridgehead atoms. The Balaban J connectivity index is 4.44. The number of hydrogen-bond acceptors (Lipinski definition) is 6. The van der Waals surface area contributed by atoms with Gasteiger partial charge in [0.05, 0.1) is 0 Å². The fraction of sp³-hybridized carbons (Fsp3) is 0.741. The molecule has 1 unspecified atom stereocenters. The van der Waals surface area contributed by atoms with Crippen molar-refractivity contribution in [3.05, 3.63) is 72.9 Å². The first-order valence-electron chi connectivity index (χ1n) is 27.0. The molecule has 1 atom stereocenters. The summed E-state index contributed by atoms with van der Waals surface area (Å²) in [5, 5.41) is 0. The lowest BCUT2D eigenvalue weighted by Crippen LogP contribution is -2.30. The van der Waals surface area contributed by atoms with Gasteiger partial charge in [0.1, 0.15) is 13.2 Å². The molecule has 0 N–H and O–H groups in total. The third kappa shape index (κ3) is 49.9. The van der Waals surface area contributed by atoms with Crippen LogP contribution in [-0.2, 0) is 28.6 Å². The summed E-state index contributed by atoms with van der Waals surface area (Å²) in [5.74, 6) is -0.972. The van der Waals surface area contributed by atoms with Gasteiger partial charge < -0.3 is 14.2 Å². The predicted octanol–water partition coefficient (Wildman–Crippen LogP) is 17.8. The van der Waals surface area contributed by atoms with Crippen molar-refractivity contribution < 1.29 is 28.6 Å². The van der Waals surface area contributed by atoms with Crippen LogP contribution in [0.1, 0.15) is 258 Å². The Morgan fingerprint density at radius 3 is 1.05 bits per heavy atom. The molecule has 0 aliphatic rings. The third-order valence-electron chi connectivity index (χ3n) is 11.6. The Morgan fingerprint density at radius 2 is 0.641 bits per heavy atom. The van der Waals surface area contributed by atoms with Gasteiger partial charge in [0.15, 0.2) is 6.10 Å². The molecule has 0 spiro atoms. The van der Waals surface area contributed by atoms with Gasteiger partial charge in [-0.2, -0.15) is 0 Å². The minimum absolute atomic E-state index is 0.0982. The molecule has 0 aromatic carbocycles. The van der Waals surface area contributed by atoms with Crippen molar-refractivity contribution in [2.24, 2.45) is 0 Å². The van der Waals surface area contributed by atoms with E-state index in [0.29, 0.717) is 19.3 Å². The molecule has 368 valence electrons. The van der Waals surface area contributed by atoms with Gasteiger partial charge in [-0.25, -0.2) is 0 Å². The lowest BCUT2D eigenvalue weighted by Gasteiger charge is -2.18. The highest BCUT2D eigenvalue weighted by atomic mass is 16.6. The average molecular weight is 893 g/mol. The van der Waals surface area contributed by atoms with Crippen LogP contribution in [0.5, 0.6) is 0 Å². The van der Waals surface area contributed by atoms with Gasteiger partial charge in [-0.15, -0.1) is 0 Å². The number of esters is 3. The molecule has 0 heterocycles. The first kappa shape index (κ1) is 60.9. The Labute approximate surface area is 395 Å². The fourth-order valence-corrected chi connectivity index (χ4v) is 7.53. The number of carbonyl (C=O) groups is 3. The maximum absolute atomic E-state index is 12.8. The van der Waals surface area contributed by atoms with E-state index in [1.165, 1.54) is 161 Å². The summed E-state index contributed by atoms with van der Waals surface area (Å²) in [6.07, 6.45) is 66.1. The summed E-state index contributed by atoms with van der Waals surface area (Å²) >= 11 is 0. The molecule has 0 saturated heterocycles. The van der Waals surface area contributed by atoms with Crippen LogP contribution in [0.25, 0.3) is 0 Å². The number of rotatable bonds is 48. The Morgan fingerprint density at radius 1 is 0.328 bits per heavy atom. The molecule has 0 amide bonds. The number of ether oxygens (including phenoxy) is 3. The van der Waals surface area contributed by atoms with Gasteiger partial charge in [0, 0.05) is 19.3 Å². The highest BCUT2D eigenvalue weighted by Crippen LogP contribution is 2.16. The molecular weight excluding hydrogens is 793 g/mol. The van der Waals surface area contributed by atoms with Crippen molar-refractivity contribution in [3.8, 4) is 0 Å². The molecule has 0 aromatic heterocycles. The Hall–Kier alpha value is -3.15. The van der Waals surface area contributed by atoms with Gasteiger partial charge in [-0.1, -0.05) is 254 Å². The van der Waals surface area contributed by atoms with Gasteiger partial charge in [-0.3, -0.25) is 14.4 Å². The molecule has 0 saturated carbocycles. The molecule has 0 rings (SSSR count). The van der Waals surface area contributed by atoms with Crippen molar-refractivity contribution in [3.63, 3.8) is 0 Å². The molecule has 0 aliphatic carbocycles. The topological polar surface area (TPSA) is 78.9 Å². The Kier molecular flexibility index (Phi) is 49.9. The second-order valence-corrected chi connectivity index (χ2v) is 17.9. The summed E-state index contributed by atoms with van der Waals surface area (Å²) < 4.78 is 16.8. The molecule has 0 fully saturated rings. The molecule has 0 radical (unpaired) electrons. The minimum Gasteiger partial charge on any atom is -0.462 e. The first-order chi connectivity index (χ1) is 31.5. The third-order valence-corrected chi connectivity index (χ3v) is 11.6. The lowest BCUT2D eigenvalue weighted by molar-refractivity contribution is -0.167. The number of carbonyl (C=O) groups excluding carboxylic acids is 3. The minimum atomic E-state index is -0.803. The monoisotopic (exact) mass is 893 g/mol. The predicted molar refractivity (Wildman–Crippen MR) is 274 cm³/mol. The van der Waals surface area contributed by atoms with Gasteiger partial charge in [0.25, 0.3) is 0 Å². The fourth-order valence-electron chi connectivity index (χ4n) is 7.53. The maximum atomic E-state index is 12.8. The summed E-state index contributed by atoms with van der Waals surface area (Å²) in [7, 11) is 0. The van der Waals surface area contributed by atoms with E-state index in [9.17, 15) is 14.4 Å². The van der Waals surface area contributed by atoms with Crippen molar-refractivity contribution >= 4 is 17.9 Å². The highest BCUT2D eigenvalue weighted by Gasteiger charge is 2.19. The zero-order chi connectivity index (χ0) is 46.5. The van der Waals surface area contributed by atoms with E-state index in [-0.39, 0.29) is 37.5 Å². The molecule has 64 heavy (non-hydrogen) atoms. The van der Waals surface area contributed by atoms with Crippen molar-refractivity contribution in [2.75, 3.05) is 13.2 Å². The Bertz CT molecular complexity index is 1210. The average Bonchev–Trinajstić information content (AvgIpc) is 3.29. The number of unbranched alkanes of at least 4 members (excludes halogenated alkanes) is 29. The zero-order valence-electron chi connectivity index (χ0n) is 42.0. The second kappa shape index (κ2) is 52.5. The molecular formula is C58H100O6. The normalized spacial score (nSPS) is 12.6. The van der Waals surface area contributed by atoms with E-state index in [4.69, 9.17) is 14.2 Å². The highest BCUT2D eigenvalue weighted by molar-refractivity contribution is 5.71. The van der Waals surface area contributed by atoms with Crippen LogP contribution >= 0.6 is 0 Å². The smallest absolute Gasteiger partial charge is 0.306 e. The van der Waals surface area contributed by atoms with Crippen LogP contribution in [-0.4, -0.2) is 37.2 Å². The largest absolute Gasteiger partial charge is 0.462 e. The maximum Gasteiger partial charge on any atom is 0.306 e. The summed E-state index contributed by atoms with van der Waals surface area (Å²) in [6, 6.07) is 0. The number of hydrogen-bond donors (Lipinski definition) is 0. The molecule has 0 aliphatic heterocycles. The van der Waals surface area contributed by atoms with E-state index in [1.54, 1.807) is 0 Å². The summed E-state index contributed by atoms with van der Waals surface area (Å²) in [5.41, 5.74) is 0. The van der Waals surface area contributed by atoms with Gasteiger partial charge in [0.2, 0.25) is 0 Å². The van der Waals surface area contributed by atoms with E-state index >= 15 is 0 Å². The lowest BCUT2D eigenvalue weighted by atomic mass is 10.0. The van der Waals surface area contributed by atoms with Crippen LogP contribution < -0.4 is 0 Å². The van der Waals surface area contributed by atoms with E-state index in [0.717, 1.165) is 51.4 Å². The van der Waals surface area contributed by atoms with Gasteiger partial charge in [-0.05, 0) is 57.8 Å². The summed E-state index contributed by atoms with van der Waals surface area (Å²) in [6.45, 7) is 6.44. The SMILES string of the molecule is CC/C=C/C=C/C=C/C=C/C=C/CCCC(=O)OCC(COC(=O)CCCCCCCCC/C=C/CCCCCCCC)OC(=O)CCCCCCCCCCCCCCCCCC. The number of allylic oxidation sites excluding steroid dienone is 12. The second-order valence-electron chi connectivity index (χ2n) is 17.9. The van der Waals surface area contributed by atoms with Crippen LogP contribution in [0.4, 0.5) is 0 Å². The zero-order valence-corrected chi connectivity index (χ0v) is 42.0. The van der Waals surface area contributed by atoms with Crippen LogP contribution in [0.3, 0.4) is 0 Å². The van der Waals surface area contributed by atoms with Crippen molar-refractivity contribution in [2.45, 2.75) is 264 Å². The van der Waals surface area contributed by atoms with Crippen LogP contribution in [0, 0.1) is 0 Å². The molecule has 0 aromatic rings. The van der Waals surface area contributed by atoms with E-state index in [1.807, 2.05) is 54.7 Å². The van der Waals surface area contributed by atoms with Gasteiger partial charge >= 0.3 is 17.9 Å². The van der Waals surface area contributed by atoms with E-state index < -0.39 is 6.10 Å². The summed E-state index contributed by atoms with van der Waals surface area (Å²) in [4.78, 5) is 38.0. The standard InChI is InChI=1S/C58H100O6/c1-4-7-10-13-16-19-22-25-27-29-31-33-36-39-42-45-48-51-57(60)63-54-55(53-62-56(59)50-47-44-41-38-35-32-24-21-18-15-12-9-6-3)64-58(61)52-49-46-43-40-37-34-30-28-26-23-20-17-14-11-8-5-2/h9,12,15,18,21,24-25,27,32,35,38,41,55H,4-8,10-11,13-14,16-17,19-20,22-23,26,28-31,33-34,36-37,39-40,42-54H2,1-3H3/b12-9+,18-15+,24-21+,27-25+,35-32+,41-38+. The van der Waals surface area contributed by atoms with Crippen molar-refractivity contribution in [1.82, 2.24) is 0 Å².